The molecule has 3 saturated carbocycles. The van der Waals surface area contributed by atoms with Crippen LogP contribution in [0.25, 0.3) is 0 Å². The Bertz CT molecular complexity index is 265. The smallest absolute Gasteiger partial charge is 0.0289 e. The van der Waals surface area contributed by atoms with Crippen molar-refractivity contribution in [2.24, 2.45) is 40.9 Å². The fraction of sp³-hybridized carbons (Fsp3) is 1.00. The van der Waals surface area contributed by atoms with E-state index in [0.717, 1.165) is 35.5 Å². The Morgan fingerprint density at radius 3 is 2.27 bits per heavy atom. The van der Waals surface area contributed by atoms with E-state index in [0.29, 0.717) is 5.41 Å². The van der Waals surface area contributed by atoms with Crippen LogP contribution in [0, 0.1) is 40.9 Å². The first-order valence-corrected chi connectivity index (χ1v) is 7.03. The van der Waals surface area contributed by atoms with Gasteiger partial charge in [0.2, 0.25) is 0 Å². The summed E-state index contributed by atoms with van der Waals surface area (Å²) in [6.45, 7) is 10.1. The second-order valence-corrected chi connectivity index (χ2v) is 7.30. The van der Waals surface area contributed by atoms with E-state index in [9.17, 15) is 0 Å². The molecule has 15 heavy (non-hydrogen) atoms. The highest BCUT2D eigenvalue weighted by Crippen LogP contribution is 2.70. The molecule has 3 aliphatic rings. The van der Waals surface area contributed by atoms with Gasteiger partial charge in [0, 0.05) is 0 Å². The number of rotatable bonds is 0. The maximum Gasteiger partial charge on any atom is -0.0289 e. The lowest BCUT2D eigenvalue weighted by Crippen LogP contribution is -2.22. The van der Waals surface area contributed by atoms with Gasteiger partial charge in [-0.05, 0) is 53.8 Å². The van der Waals surface area contributed by atoms with E-state index < -0.39 is 0 Å². The number of fused-ring (bicyclic) bond motifs is 3. The molecule has 0 aromatic heterocycles. The van der Waals surface area contributed by atoms with E-state index in [1.54, 1.807) is 0 Å². The van der Waals surface area contributed by atoms with Crippen molar-refractivity contribution in [3.05, 3.63) is 0 Å². The van der Waals surface area contributed by atoms with Gasteiger partial charge in [0.15, 0.2) is 0 Å². The van der Waals surface area contributed by atoms with Gasteiger partial charge >= 0.3 is 0 Å². The Morgan fingerprint density at radius 2 is 1.53 bits per heavy atom. The Morgan fingerprint density at radius 1 is 0.867 bits per heavy atom. The highest BCUT2D eigenvalue weighted by Gasteiger charge is 2.64. The van der Waals surface area contributed by atoms with Gasteiger partial charge in [0.1, 0.15) is 0 Å². The van der Waals surface area contributed by atoms with Crippen LogP contribution in [0.3, 0.4) is 0 Å². The molecule has 0 heterocycles. The molecular formula is C15H26. The Kier molecular flexibility index (Phi) is 2.05. The van der Waals surface area contributed by atoms with Crippen molar-refractivity contribution >= 4 is 0 Å². The van der Waals surface area contributed by atoms with Gasteiger partial charge in [0.05, 0.1) is 0 Å². The third kappa shape index (κ3) is 1.26. The standard InChI is InChI=1S/C15H26/c1-9-6-8-12-14(15(12,3)4)13-10(2)5-7-11(9)13/h9-14H,5-8H2,1-4H3/t9-,10-,11-,12-,13-,14-/m0/s1. The van der Waals surface area contributed by atoms with Crippen LogP contribution < -0.4 is 0 Å². The maximum absolute atomic E-state index is 2.53. The topological polar surface area (TPSA) is 0 Å². The minimum atomic E-state index is 0.696. The second-order valence-electron chi connectivity index (χ2n) is 7.30. The van der Waals surface area contributed by atoms with Crippen molar-refractivity contribution in [2.45, 2.75) is 53.4 Å². The zero-order chi connectivity index (χ0) is 10.8. The molecule has 0 nitrogen and oxygen atoms in total. The largest absolute Gasteiger partial charge is 0.0622 e. The monoisotopic (exact) mass is 206 g/mol. The van der Waals surface area contributed by atoms with Crippen LogP contribution in [-0.4, -0.2) is 0 Å². The first-order valence-electron chi connectivity index (χ1n) is 7.03. The molecule has 6 atom stereocenters. The molecule has 0 radical (unpaired) electrons. The summed E-state index contributed by atoms with van der Waals surface area (Å²) in [5.41, 5.74) is 0.696. The lowest BCUT2D eigenvalue weighted by molar-refractivity contribution is 0.202. The molecule has 0 saturated heterocycles. The van der Waals surface area contributed by atoms with Gasteiger partial charge in [-0.1, -0.05) is 40.5 Å². The lowest BCUT2D eigenvalue weighted by Gasteiger charge is -2.28. The van der Waals surface area contributed by atoms with Crippen LogP contribution in [0.1, 0.15) is 53.4 Å². The minimum absolute atomic E-state index is 0.696. The molecule has 0 N–H and O–H groups in total. The fourth-order valence-corrected chi connectivity index (χ4v) is 5.31. The van der Waals surface area contributed by atoms with Crippen LogP contribution >= 0.6 is 0 Å². The normalized spacial score (nSPS) is 56.8. The highest BCUT2D eigenvalue weighted by molar-refractivity contribution is 5.12. The van der Waals surface area contributed by atoms with Crippen LogP contribution in [0.5, 0.6) is 0 Å². The van der Waals surface area contributed by atoms with E-state index in [-0.39, 0.29) is 0 Å². The second kappa shape index (κ2) is 3.02. The molecular weight excluding hydrogens is 180 g/mol. The Balaban J connectivity index is 1.90. The molecule has 0 unspecified atom stereocenters. The number of hydrogen-bond donors (Lipinski definition) is 0. The third-order valence-electron chi connectivity index (χ3n) is 6.32. The van der Waals surface area contributed by atoms with E-state index in [1.165, 1.54) is 25.7 Å². The van der Waals surface area contributed by atoms with Gasteiger partial charge in [-0.25, -0.2) is 0 Å². The van der Waals surface area contributed by atoms with E-state index in [2.05, 4.69) is 27.7 Å². The average Bonchev–Trinajstić information content (AvgIpc) is 2.55. The molecule has 0 heteroatoms. The molecule has 0 aromatic rings. The van der Waals surface area contributed by atoms with Gasteiger partial charge in [-0.2, -0.15) is 0 Å². The summed E-state index contributed by atoms with van der Waals surface area (Å²) in [5, 5.41) is 0. The predicted molar refractivity (Wildman–Crippen MR) is 64.5 cm³/mol. The fourth-order valence-electron chi connectivity index (χ4n) is 5.31. The zero-order valence-corrected chi connectivity index (χ0v) is 10.8. The zero-order valence-electron chi connectivity index (χ0n) is 10.8. The molecule has 0 aliphatic heterocycles. The Hall–Kier alpha value is 0. The third-order valence-corrected chi connectivity index (χ3v) is 6.32. The molecule has 86 valence electrons. The molecule has 0 aromatic carbocycles. The van der Waals surface area contributed by atoms with Crippen LogP contribution in [0.15, 0.2) is 0 Å². The van der Waals surface area contributed by atoms with E-state index in [1.807, 2.05) is 0 Å². The molecule has 0 amide bonds. The molecule has 3 rings (SSSR count). The van der Waals surface area contributed by atoms with Crippen molar-refractivity contribution in [3.8, 4) is 0 Å². The summed E-state index contributed by atoms with van der Waals surface area (Å²) in [7, 11) is 0. The quantitative estimate of drug-likeness (QED) is 0.553. The summed E-state index contributed by atoms with van der Waals surface area (Å²) in [6.07, 6.45) is 6.09. The van der Waals surface area contributed by atoms with Gasteiger partial charge < -0.3 is 0 Å². The van der Waals surface area contributed by atoms with Gasteiger partial charge in [-0.3, -0.25) is 0 Å². The summed E-state index contributed by atoms with van der Waals surface area (Å²) < 4.78 is 0. The van der Waals surface area contributed by atoms with E-state index >= 15 is 0 Å². The molecule has 3 fully saturated rings. The maximum atomic E-state index is 2.53. The molecule has 0 bridgehead atoms. The molecule has 0 spiro atoms. The first kappa shape index (κ1) is 10.2. The van der Waals surface area contributed by atoms with Crippen molar-refractivity contribution in [1.29, 1.82) is 0 Å². The van der Waals surface area contributed by atoms with Crippen LogP contribution in [-0.2, 0) is 0 Å². The average molecular weight is 206 g/mol. The summed E-state index contributed by atoms with van der Waals surface area (Å²) >= 11 is 0. The van der Waals surface area contributed by atoms with Crippen LogP contribution in [0.4, 0.5) is 0 Å². The minimum Gasteiger partial charge on any atom is -0.0622 e. The van der Waals surface area contributed by atoms with Crippen molar-refractivity contribution < 1.29 is 0 Å². The predicted octanol–water partition coefficient (Wildman–Crippen LogP) is 4.35. The first-order chi connectivity index (χ1) is 7.03. The van der Waals surface area contributed by atoms with Crippen LogP contribution in [0.2, 0.25) is 0 Å². The van der Waals surface area contributed by atoms with Gasteiger partial charge in [-0.15, -0.1) is 0 Å². The van der Waals surface area contributed by atoms with Crippen molar-refractivity contribution in [1.82, 2.24) is 0 Å². The summed E-state index contributed by atoms with van der Waals surface area (Å²) in [4.78, 5) is 0. The lowest BCUT2D eigenvalue weighted by atomic mass is 9.77. The van der Waals surface area contributed by atoms with Crippen molar-refractivity contribution in [2.75, 3.05) is 0 Å². The van der Waals surface area contributed by atoms with Crippen molar-refractivity contribution in [3.63, 3.8) is 0 Å². The molecule has 3 aliphatic carbocycles. The highest BCUT2D eigenvalue weighted by atomic mass is 14.7. The number of hydrogen-bond acceptors (Lipinski definition) is 0. The summed E-state index contributed by atoms with van der Waals surface area (Å²) in [5.74, 6) is 6.37. The SMILES string of the molecule is C[C@H]1CC[C@H]2[C@@H]([C@@H]3[C@H]1CC[C@@H]3C)C2(C)C. The Labute approximate surface area is 94.8 Å². The van der Waals surface area contributed by atoms with E-state index in [4.69, 9.17) is 0 Å². The summed E-state index contributed by atoms with van der Waals surface area (Å²) in [6, 6.07) is 0. The van der Waals surface area contributed by atoms with Gasteiger partial charge in [0.25, 0.3) is 0 Å².